The Morgan fingerprint density at radius 3 is 2.59 bits per heavy atom. The molecule has 1 fully saturated rings. The summed E-state index contributed by atoms with van der Waals surface area (Å²) in [5.41, 5.74) is 3.01. The van der Waals surface area contributed by atoms with Crippen LogP contribution in [0.15, 0.2) is 54.3 Å². The van der Waals surface area contributed by atoms with E-state index in [2.05, 4.69) is 16.9 Å². The first-order chi connectivity index (χ1) is 19.1. The zero-order valence-electron chi connectivity index (χ0n) is 22.4. The Kier molecular flexibility index (Phi) is 8.72. The highest BCUT2D eigenvalue weighted by Crippen LogP contribution is 2.40. The van der Waals surface area contributed by atoms with Crippen molar-refractivity contribution in [1.82, 2.24) is 9.80 Å². The molecule has 3 aliphatic heterocycles. The fraction of sp³-hybridized carbons (Fsp3) is 0.452. The summed E-state index contributed by atoms with van der Waals surface area (Å²) in [6.45, 7) is 6.26. The molecule has 3 atom stereocenters. The molecule has 8 heteroatoms. The highest BCUT2D eigenvalue weighted by molar-refractivity contribution is 5.92. The van der Waals surface area contributed by atoms with Gasteiger partial charge in [-0.3, -0.25) is 9.69 Å². The maximum atomic E-state index is 13.7. The zero-order chi connectivity index (χ0) is 27.2. The summed E-state index contributed by atoms with van der Waals surface area (Å²) < 4.78 is 23.1. The molecule has 1 saturated heterocycles. The number of carbonyl (C=O) groups is 1. The average Bonchev–Trinajstić information content (AvgIpc) is 3.44. The summed E-state index contributed by atoms with van der Waals surface area (Å²) in [7, 11) is 0. The van der Waals surface area contributed by atoms with Crippen molar-refractivity contribution in [3.63, 3.8) is 0 Å². The second-order valence-electron chi connectivity index (χ2n) is 10.1. The van der Waals surface area contributed by atoms with Crippen molar-refractivity contribution in [2.45, 2.75) is 38.5 Å². The molecule has 0 radical (unpaired) electrons. The molecule has 206 valence electrons. The molecular formula is C31H36N2O6. The zero-order valence-corrected chi connectivity index (χ0v) is 22.4. The Morgan fingerprint density at radius 1 is 1.10 bits per heavy atom. The predicted octanol–water partition coefficient (Wildman–Crippen LogP) is 3.49. The second kappa shape index (κ2) is 12.6. The second-order valence-corrected chi connectivity index (χ2v) is 10.1. The molecule has 8 nitrogen and oxygen atoms in total. The van der Waals surface area contributed by atoms with Gasteiger partial charge in [0, 0.05) is 63.3 Å². The van der Waals surface area contributed by atoms with Gasteiger partial charge in [0.25, 0.3) is 5.91 Å². The molecule has 3 heterocycles. The summed E-state index contributed by atoms with van der Waals surface area (Å²) in [6, 6.07) is 13.9. The van der Waals surface area contributed by atoms with Crippen LogP contribution in [0.5, 0.6) is 11.5 Å². The van der Waals surface area contributed by atoms with Gasteiger partial charge in [0.15, 0.2) is 17.3 Å². The van der Waals surface area contributed by atoms with Crippen LogP contribution in [0.2, 0.25) is 0 Å². The number of rotatable bonds is 9. The van der Waals surface area contributed by atoms with Gasteiger partial charge in [0.05, 0.1) is 0 Å². The van der Waals surface area contributed by atoms with E-state index in [1.54, 1.807) is 0 Å². The number of aliphatic hydroxyl groups is 1. The third-order valence-electron chi connectivity index (χ3n) is 7.59. The topological polar surface area (TPSA) is 80.7 Å². The van der Waals surface area contributed by atoms with Gasteiger partial charge in [-0.25, -0.2) is 0 Å². The van der Waals surface area contributed by atoms with E-state index in [0.29, 0.717) is 38.3 Å². The fourth-order valence-corrected chi connectivity index (χ4v) is 5.50. The Hall–Kier alpha value is -3.51. The summed E-state index contributed by atoms with van der Waals surface area (Å²) in [6.07, 6.45) is 8.25. The van der Waals surface area contributed by atoms with Crippen molar-refractivity contribution >= 4 is 5.91 Å². The maximum Gasteiger partial charge on any atom is 0.288 e. The summed E-state index contributed by atoms with van der Waals surface area (Å²) in [5.74, 6) is 4.29. The minimum atomic E-state index is -0.574. The molecule has 39 heavy (non-hydrogen) atoms. The third kappa shape index (κ3) is 6.22. The minimum Gasteiger partial charge on any atom is -0.459 e. The van der Waals surface area contributed by atoms with Crippen LogP contribution in [0.4, 0.5) is 0 Å². The van der Waals surface area contributed by atoms with E-state index in [9.17, 15) is 9.90 Å². The number of fused-ring (bicyclic) bond motifs is 1. The lowest BCUT2D eigenvalue weighted by molar-refractivity contribution is -0.171. The normalized spacial score (nSPS) is 22.6. The van der Waals surface area contributed by atoms with E-state index in [1.807, 2.05) is 54.3 Å². The van der Waals surface area contributed by atoms with E-state index in [1.165, 1.54) is 0 Å². The number of benzene rings is 2. The smallest absolute Gasteiger partial charge is 0.288 e. The van der Waals surface area contributed by atoms with Crippen LogP contribution in [0.3, 0.4) is 0 Å². The van der Waals surface area contributed by atoms with Crippen molar-refractivity contribution in [3.8, 4) is 23.8 Å². The van der Waals surface area contributed by atoms with Crippen LogP contribution in [0.1, 0.15) is 42.4 Å². The minimum absolute atomic E-state index is 0.0381. The van der Waals surface area contributed by atoms with Gasteiger partial charge in [-0.1, -0.05) is 24.1 Å². The molecule has 2 aromatic carbocycles. The molecule has 0 saturated carbocycles. The monoisotopic (exact) mass is 532 g/mol. The number of piperazine rings is 1. The molecule has 0 aliphatic carbocycles. The van der Waals surface area contributed by atoms with Crippen LogP contribution in [-0.2, 0) is 20.8 Å². The Morgan fingerprint density at radius 2 is 1.87 bits per heavy atom. The van der Waals surface area contributed by atoms with Crippen LogP contribution in [0, 0.1) is 18.3 Å². The van der Waals surface area contributed by atoms with Gasteiger partial charge in [0.1, 0.15) is 0 Å². The highest BCUT2D eigenvalue weighted by Gasteiger charge is 2.39. The van der Waals surface area contributed by atoms with E-state index < -0.39 is 6.29 Å². The van der Waals surface area contributed by atoms with E-state index in [4.69, 9.17) is 25.4 Å². The van der Waals surface area contributed by atoms with E-state index >= 15 is 0 Å². The molecule has 1 N–H and O–H groups in total. The lowest BCUT2D eigenvalue weighted by Crippen LogP contribution is -2.49. The van der Waals surface area contributed by atoms with Gasteiger partial charge in [-0.15, -0.1) is 6.42 Å². The highest BCUT2D eigenvalue weighted by atomic mass is 16.7. The van der Waals surface area contributed by atoms with E-state index in [-0.39, 0.29) is 31.1 Å². The van der Waals surface area contributed by atoms with Crippen molar-refractivity contribution in [1.29, 1.82) is 0 Å². The SMILES string of the molecule is C#Cc1ccc([C@H]2C=C(C(=O)N3CCN(Cc4ccc5c(c4)OCO5)CC3)O[C@@H](OCC)[C@H]2CCCO)cc1. The van der Waals surface area contributed by atoms with Crippen LogP contribution in [-0.4, -0.2) is 73.3 Å². The molecular weight excluding hydrogens is 496 g/mol. The lowest BCUT2D eigenvalue weighted by Gasteiger charge is -2.39. The number of allylic oxidation sites excluding steroid dienone is 1. The molecule has 5 rings (SSSR count). The molecule has 0 bridgehead atoms. The largest absolute Gasteiger partial charge is 0.459 e. The number of ether oxygens (including phenoxy) is 4. The number of nitrogens with zero attached hydrogens (tertiary/aromatic N) is 2. The Balaban J connectivity index is 1.29. The van der Waals surface area contributed by atoms with Gasteiger partial charge < -0.3 is 29.0 Å². The number of aliphatic hydroxyl groups excluding tert-OH is 1. The molecule has 2 aromatic rings. The Labute approximate surface area is 230 Å². The first-order valence-electron chi connectivity index (χ1n) is 13.7. The summed E-state index contributed by atoms with van der Waals surface area (Å²) >= 11 is 0. The predicted molar refractivity (Wildman–Crippen MR) is 146 cm³/mol. The molecule has 1 amide bonds. The fourth-order valence-electron chi connectivity index (χ4n) is 5.50. The summed E-state index contributed by atoms with van der Waals surface area (Å²) in [4.78, 5) is 17.8. The third-order valence-corrected chi connectivity index (χ3v) is 7.59. The van der Waals surface area contributed by atoms with Gasteiger partial charge in [-0.05, 0) is 61.2 Å². The van der Waals surface area contributed by atoms with Gasteiger partial charge >= 0.3 is 0 Å². The molecule has 0 aromatic heterocycles. The summed E-state index contributed by atoms with van der Waals surface area (Å²) in [5, 5.41) is 9.51. The first-order valence-corrected chi connectivity index (χ1v) is 13.7. The van der Waals surface area contributed by atoms with Crippen LogP contribution in [0.25, 0.3) is 0 Å². The van der Waals surface area contributed by atoms with E-state index in [0.717, 1.165) is 47.8 Å². The quantitative estimate of drug-likeness (QED) is 0.495. The maximum absolute atomic E-state index is 13.7. The Bertz CT molecular complexity index is 1210. The average molecular weight is 533 g/mol. The standard InChI is InChI=1S/C31H36N2O6/c1-3-22-7-10-24(11-8-22)26-19-29(39-31(36-4-2)25(26)6-5-17-34)30(35)33-15-13-32(14-16-33)20-23-9-12-27-28(18-23)38-21-37-27/h1,7-12,18-19,25-26,31,34H,4-6,13-17,20-21H2,2H3/t25-,26+,31+/m0/s1. The number of carbonyl (C=O) groups excluding carboxylic acids is 1. The number of hydrogen-bond acceptors (Lipinski definition) is 7. The van der Waals surface area contributed by atoms with Gasteiger partial charge in [0.2, 0.25) is 13.1 Å². The van der Waals surface area contributed by atoms with Crippen molar-refractivity contribution in [2.75, 3.05) is 46.2 Å². The number of terminal acetylenes is 1. The van der Waals surface area contributed by atoms with Crippen LogP contribution < -0.4 is 9.47 Å². The van der Waals surface area contributed by atoms with Crippen molar-refractivity contribution < 1.29 is 28.8 Å². The first kappa shape index (κ1) is 27.1. The van der Waals surface area contributed by atoms with Crippen molar-refractivity contribution in [3.05, 3.63) is 71.0 Å². The number of hydrogen-bond donors (Lipinski definition) is 1. The van der Waals surface area contributed by atoms with Gasteiger partial charge in [-0.2, -0.15) is 0 Å². The van der Waals surface area contributed by atoms with Crippen molar-refractivity contribution in [2.24, 2.45) is 5.92 Å². The lowest BCUT2D eigenvalue weighted by atomic mass is 9.80. The molecule has 3 aliphatic rings. The molecule has 0 unspecified atom stereocenters. The van der Waals surface area contributed by atoms with Crippen LogP contribution >= 0.6 is 0 Å². The number of amides is 1. The molecule has 0 spiro atoms.